The second-order valence-corrected chi connectivity index (χ2v) is 13.5. The number of amides is 2. The van der Waals surface area contributed by atoms with E-state index in [2.05, 4.69) is 47.3 Å². The Balaban J connectivity index is 1.31. The Morgan fingerprint density at radius 1 is 1.04 bits per heavy atom. The van der Waals surface area contributed by atoms with Crippen molar-refractivity contribution in [3.8, 4) is 21.7 Å². The number of halogens is 3. The van der Waals surface area contributed by atoms with Crippen molar-refractivity contribution >= 4 is 40.2 Å². The average molecular weight is 714 g/mol. The largest absolute Gasteiger partial charge is 0.477 e. The number of aromatic nitrogens is 4. The normalized spacial score (nSPS) is 17.7. The molecule has 3 N–H and O–H groups in total. The summed E-state index contributed by atoms with van der Waals surface area (Å²) in [6.07, 6.45) is 0.411. The molecule has 0 radical (unpaired) electrons. The third kappa shape index (κ3) is 7.96. The van der Waals surface area contributed by atoms with E-state index >= 15 is 0 Å². The van der Waals surface area contributed by atoms with Gasteiger partial charge in [-0.15, -0.1) is 11.3 Å². The minimum absolute atomic E-state index is 0.00359. The summed E-state index contributed by atoms with van der Waals surface area (Å²) in [6.45, 7) is 10.5. The number of carbonyl (C=O) groups is 2. The van der Waals surface area contributed by atoms with Gasteiger partial charge in [0.15, 0.2) is 5.69 Å². The van der Waals surface area contributed by atoms with Crippen LogP contribution in [0.2, 0.25) is 0 Å². The number of hydrogen-bond donors (Lipinski definition) is 3. The zero-order valence-electron chi connectivity index (χ0n) is 27.7. The maximum absolute atomic E-state index is 13.5. The van der Waals surface area contributed by atoms with Crippen molar-refractivity contribution in [2.45, 2.75) is 26.1 Å². The number of anilines is 1. The van der Waals surface area contributed by atoms with Crippen LogP contribution in [0, 0.1) is 5.92 Å². The van der Waals surface area contributed by atoms with Gasteiger partial charge in [-0.05, 0) is 45.0 Å². The fourth-order valence-corrected chi connectivity index (χ4v) is 7.25. The quantitative estimate of drug-likeness (QED) is 0.220. The number of nitrogens with one attached hydrogen (secondary N) is 2. The molecule has 2 aliphatic rings. The van der Waals surface area contributed by atoms with Gasteiger partial charge >= 0.3 is 18.2 Å². The first-order chi connectivity index (χ1) is 23.9. The van der Waals surface area contributed by atoms with Gasteiger partial charge in [0.05, 0.1) is 5.39 Å². The zero-order chi connectivity index (χ0) is 35.6. The van der Waals surface area contributed by atoms with E-state index in [0.717, 1.165) is 75.5 Å². The molecule has 2 fully saturated rings. The molecule has 2 aliphatic heterocycles. The zero-order valence-corrected chi connectivity index (χ0v) is 28.5. The van der Waals surface area contributed by atoms with E-state index in [1.54, 1.807) is 11.5 Å². The monoisotopic (exact) mass is 713 g/mol. The first-order valence-corrected chi connectivity index (χ1v) is 17.3. The SMILES string of the molecule is CCNC(=O)Nc1cc(-c2nc(C(F)(F)F)cs2)c(-c2cnc3c(c2)c(=O)c(C(=O)O)cn3C[C@@H]2CCN(CCN3CCN(C)CC3)C2)cn1. The third-order valence-corrected chi connectivity index (χ3v) is 9.99. The van der Waals surface area contributed by atoms with Crippen molar-refractivity contribution in [2.24, 2.45) is 5.92 Å². The van der Waals surface area contributed by atoms with Crippen LogP contribution in [0.4, 0.5) is 23.8 Å². The summed E-state index contributed by atoms with van der Waals surface area (Å²) in [4.78, 5) is 57.8. The van der Waals surface area contributed by atoms with Gasteiger partial charge in [0.25, 0.3) is 0 Å². The van der Waals surface area contributed by atoms with E-state index in [-0.39, 0.29) is 27.7 Å². The number of rotatable bonds is 10. The number of thiazole rings is 1. The molecule has 0 aromatic carbocycles. The average Bonchev–Trinajstić information content (AvgIpc) is 3.76. The van der Waals surface area contributed by atoms with Crippen molar-refractivity contribution < 1.29 is 27.9 Å². The summed E-state index contributed by atoms with van der Waals surface area (Å²) in [5.74, 6) is -1.09. The number of carbonyl (C=O) groups excluding carboxylic acids is 1. The number of likely N-dealkylation sites (tertiary alicyclic amines) is 1. The molecule has 266 valence electrons. The molecule has 6 heterocycles. The molecule has 2 saturated heterocycles. The van der Waals surface area contributed by atoms with Gasteiger partial charge in [0, 0.05) is 99.6 Å². The number of hydrogen-bond acceptors (Lipinski definition) is 10. The molecule has 50 heavy (non-hydrogen) atoms. The minimum atomic E-state index is -4.67. The molecule has 0 unspecified atom stereocenters. The van der Waals surface area contributed by atoms with Crippen LogP contribution < -0.4 is 16.1 Å². The molecule has 0 spiro atoms. The molecule has 13 nitrogen and oxygen atoms in total. The molecular weight excluding hydrogens is 675 g/mol. The van der Waals surface area contributed by atoms with Gasteiger partial charge in [-0.1, -0.05) is 0 Å². The molecule has 0 bridgehead atoms. The fourth-order valence-electron chi connectivity index (χ4n) is 6.39. The number of urea groups is 1. The Morgan fingerprint density at radius 3 is 2.50 bits per heavy atom. The third-order valence-electron chi connectivity index (χ3n) is 9.12. The highest BCUT2D eigenvalue weighted by molar-refractivity contribution is 7.13. The van der Waals surface area contributed by atoms with Crippen LogP contribution in [-0.2, 0) is 12.7 Å². The topological polar surface area (TPSA) is 149 Å². The Kier molecular flexibility index (Phi) is 10.5. The molecule has 6 rings (SSSR count). The van der Waals surface area contributed by atoms with Crippen LogP contribution in [0.1, 0.15) is 29.4 Å². The van der Waals surface area contributed by atoms with E-state index in [9.17, 15) is 32.7 Å². The Labute approximate surface area is 289 Å². The van der Waals surface area contributed by atoms with Crippen molar-refractivity contribution in [2.75, 3.05) is 71.3 Å². The molecule has 4 aromatic heterocycles. The minimum Gasteiger partial charge on any atom is -0.477 e. The summed E-state index contributed by atoms with van der Waals surface area (Å²) in [5.41, 5.74) is -1.08. The standard InChI is InChI=1S/C33H38F3N9O4S/c1-3-37-32(49)41-27-13-22(30-40-26(19-50-30)33(34,35)36)24(15-38-27)21-12-23-28(46)25(31(47)48)18-45(29(23)39-14-21)17-20-4-5-44(16-20)11-10-43-8-6-42(2)7-9-43/h12-15,18-20H,3-11,16-17H2,1-2H3,(H,47,48)(H2,37,38,41,49)/t20-/m1/s1. The van der Waals surface area contributed by atoms with Crippen LogP contribution in [0.25, 0.3) is 32.7 Å². The van der Waals surface area contributed by atoms with Crippen molar-refractivity contribution in [3.63, 3.8) is 0 Å². The highest BCUT2D eigenvalue weighted by atomic mass is 32.1. The Hall–Kier alpha value is -4.45. The number of alkyl halides is 3. The predicted molar refractivity (Wildman–Crippen MR) is 183 cm³/mol. The molecule has 0 saturated carbocycles. The second-order valence-electron chi connectivity index (χ2n) is 12.7. The maximum atomic E-state index is 13.5. The van der Waals surface area contributed by atoms with Gasteiger partial charge in [-0.25, -0.2) is 24.5 Å². The van der Waals surface area contributed by atoms with Crippen LogP contribution in [-0.4, -0.2) is 117 Å². The summed E-state index contributed by atoms with van der Waals surface area (Å²) >= 11 is 0.761. The maximum Gasteiger partial charge on any atom is 0.434 e. The molecule has 2 amide bonds. The fraction of sp³-hybridized carbons (Fsp3) is 0.455. The molecular formula is C33H38F3N9O4S. The van der Waals surface area contributed by atoms with Crippen LogP contribution in [0.15, 0.2) is 40.9 Å². The number of nitrogens with zero attached hydrogens (tertiary/aromatic N) is 7. The number of fused-ring (bicyclic) bond motifs is 1. The number of piperazine rings is 1. The Bertz CT molecular complexity index is 1940. The van der Waals surface area contributed by atoms with Gasteiger partial charge in [0.1, 0.15) is 22.0 Å². The lowest BCUT2D eigenvalue weighted by atomic mass is 10.0. The van der Waals surface area contributed by atoms with Crippen molar-refractivity contribution in [1.29, 1.82) is 0 Å². The lowest BCUT2D eigenvalue weighted by Crippen LogP contribution is -2.46. The smallest absolute Gasteiger partial charge is 0.434 e. The summed E-state index contributed by atoms with van der Waals surface area (Å²) in [6, 6.07) is 2.33. The predicted octanol–water partition coefficient (Wildman–Crippen LogP) is 4.01. The number of pyridine rings is 3. The Morgan fingerprint density at radius 2 is 1.80 bits per heavy atom. The molecule has 17 heteroatoms. The van der Waals surface area contributed by atoms with Crippen molar-refractivity contribution in [1.82, 2.24) is 39.5 Å². The van der Waals surface area contributed by atoms with Gasteiger partial charge in [-0.2, -0.15) is 13.2 Å². The van der Waals surface area contributed by atoms with Crippen molar-refractivity contribution in [3.05, 3.63) is 57.6 Å². The van der Waals surface area contributed by atoms with E-state index in [1.165, 1.54) is 30.7 Å². The highest BCUT2D eigenvalue weighted by Gasteiger charge is 2.34. The number of carboxylic acid groups (broad SMARTS) is 1. The summed E-state index contributed by atoms with van der Waals surface area (Å²) < 4.78 is 42.2. The van der Waals surface area contributed by atoms with Crippen LogP contribution in [0.3, 0.4) is 0 Å². The van der Waals surface area contributed by atoms with Crippen LogP contribution >= 0.6 is 11.3 Å². The first-order valence-electron chi connectivity index (χ1n) is 16.4. The van der Waals surface area contributed by atoms with E-state index in [4.69, 9.17) is 0 Å². The summed E-state index contributed by atoms with van der Waals surface area (Å²) in [5, 5.41) is 16.0. The van der Waals surface area contributed by atoms with Gasteiger partial charge in [0.2, 0.25) is 5.43 Å². The van der Waals surface area contributed by atoms with E-state index < -0.39 is 34.9 Å². The summed E-state index contributed by atoms with van der Waals surface area (Å²) in [7, 11) is 2.13. The number of carboxylic acids is 1. The van der Waals surface area contributed by atoms with E-state index in [1.807, 2.05) is 0 Å². The van der Waals surface area contributed by atoms with E-state index in [0.29, 0.717) is 29.9 Å². The number of aromatic carboxylic acids is 1. The first kappa shape index (κ1) is 35.4. The highest BCUT2D eigenvalue weighted by Crippen LogP contribution is 2.38. The lowest BCUT2D eigenvalue weighted by molar-refractivity contribution is -0.140. The van der Waals surface area contributed by atoms with Gasteiger partial charge < -0.3 is 24.8 Å². The van der Waals surface area contributed by atoms with Gasteiger partial charge in [-0.3, -0.25) is 15.0 Å². The van der Waals surface area contributed by atoms with Crippen LogP contribution in [0.5, 0.6) is 0 Å². The molecule has 4 aromatic rings. The number of likely N-dealkylation sites (N-methyl/N-ethyl adjacent to an activating group) is 1. The molecule has 1 atom stereocenters. The second kappa shape index (κ2) is 14.8. The molecule has 0 aliphatic carbocycles. The lowest BCUT2D eigenvalue weighted by Gasteiger charge is -2.33.